The van der Waals surface area contributed by atoms with Crippen LogP contribution < -0.4 is 15.8 Å². The number of pyridine rings is 1. The first-order valence-corrected chi connectivity index (χ1v) is 10.0. The number of nitrogens with zero attached hydrogens (tertiary/aromatic N) is 1. The van der Waals surface area contributed by atoms with Crippen LogP contribution in [0.4, 0.5) is 11.5 Å². The lowest BCUT2D eigenvalue weighted by Crippen LogP contribution is -2.27. The minimum atomic E-state index is 0.192. The maximum absolute atomic E-state index is 11.5. The van der Waals surface area contributed by atoms with Crippen molar-refractivity contribution >= 4 is 23.0 Å². The van der Waals surface area contributed by atoms with Gasteiger partial charge in [0.05, 0.1) is 11.3 Å². The average molecular weight is 400 g/mol. The lowest BCUT2D eigenvalue weighted by atomic mass is 9.93. The number of aromatic nitrogens is 1. The summed E-state index contributed by atoms with van der Waals surface area (Å²) in [6.07, 6.45) is 4.40. The Morgan fingerprint density at radius 1 is 1.00 bits per heavy atom. The van der Waals surface area contributed by atoms with Gasteiger partial charge in [-0.2, -0.15) is 0 Å². The summed E-state index contributed by atoms with van der Waals surface area (Å²) < 4.78 is 5.83. The summed E-state index contributed by atoms with van der Waals surface area (Å²) in [4.78, 5) is 15.7. The zero-order valence-electron chi connectivity index (χ0n) is 16.6. The monoisotopic (exact) mass is 400 g/mol. The number of ether oxygens (including phenoxy) is 1. The van der Waals surface area contributed by atoms with Gasteiger partial charge in [-0.25, -0.2) is 4.98 Å². The summed E-state index contributed by atoms with van der Waals surface area (Å²) in [5, 5.41) is 12.2. The van der Waals surface area contributed by atoms with Gasteiger partial charge in [0, 0.05) is 36.3 Å². The molecule has 1 saturated carbocycles. The number of carbonyl (C=O) groups is 1. The van der Waals surface area contributed by atoms with E-state index in [0.717, 1.165) is 29.8 Å². The van der Waals surface area contributed by atoms with Gasteiger partial charge in [0.25, 0.3) is 0 Å². The fourth-order valence-electron chi connectivity index (χ4n) is 3.62. The smallest absolute Gasteiger partial charge is 0.134 e. The van der Waals surface area contributed by atoms with E-state index in [1.54, 1.807) is 6.20 Å². The van der Waals surface area contributed by atoms with Crippen molar-refractivity contribution in [2.45, 2.75) is 31.7 Å². The summed E-state index contributed by atoms with van der Waals surface area (Å²) in [7, 11) is 0. The number of carbonyl (C=O) groups excluding carboxylic acids is 1. The highest BCUT2D eigenvalue weighted by molar-refractivity contribution is 6.16. The van der Waals surface area contributed by atoms with Gasteiger partial charge in [-0.1, -0.05) is 18.2 Å². The van der Waals surface area contributed by atoms with Gasteiger partial charge in [0.1, 0.15) is 23.1 Å². The first-order valence-electron chi connectivity index (χ1n) is 10.0. The van der Waals surface area contributed by atoms with Gasteiger partial charge in [-0.3, -0.25) is 10.2 Å². The van der Waals surface area contributed by atoms with Crippen LogP contribution in [0.2, 0.25) is 0 Å². The number of benzene rings is 2. The van der Waals surface area contributed by atoms with Crippen LogP contribution in [0.25, 0.3) is 0 Å². The largest absolute Gasteiger partial charge is 0.457 e. The second-order valence-electron chi connectivity index (χ2n) is 7.39. The summed E-state index contributed by atoms with van der Waals surface area (Å²) in [6.45, 7) is 0. The molecule has 6 heteroatoms. The summed E-state index contributed by atoms with van der Waals surface area (Å²) in [5.41, 5.74) is 8.51. The molecule has 1 fully saturated rings. The summed E-state index contributed by atoms with van der Waals surface area (Å²) in [5.74, 6) is 2.07. The van der Waals surface area contributed by atoms with Crippen LogP contribution >= 0.6 is 0 Å². The zero-order chi connectivity index (χ0) is 20.9. The Morgan fingerprint density at radius 3 is 2.37 bits per heavy atom. The molecule has 6 nitrogen and oxygen atoms in total. The number of Topliss-reactive ketones (excluding diaryl/α,β-unsaturated/α-hetero) is 1. The summed E-state index contributed by atoms with van der Waals surface area (Å²) >= 11 is 0. The Morgan fingerprint density at radius 2 is 1.67 bits per heavy atom. The molecule has 0 spiro atoms. The van der Waals surface area contributed by atoms with Crippen molar-refractivity contribution < 1.29 is 9.53 Å². The van der Waals surface area contributed by atoms with E-state index in [4.69, 9.17) is 15.9 Å². The normalized spacial score (nSPS) is 14.3. The van der Waals surface area contributed by atoms with Crippen LogP contribution in [-0.2, 0) is 4.79 Å². The molecule has 4 rings (SSSR count). The van der Waals surface area contributed by atoms with E-state index in [2.05, 4.69) is 10.3 Å². The molecule has 0 bridgehead atoms. The van der Waals surface area contributed by atoms with Gasteiger partial charge < -0.3 is 15.8 Å². The lowest BCUT2D eigenvalue weighted by Gasteiger charge is -2.25. The topological polar surface area (TPSA) is 101 Å². The number of hydrogen-bond acceptors (Lipinski definition) is 6. The van der Waals surface area contributed by atoms with Crippen LogP contribution in [0.5, 0.6) is 11.5 Å². The van der Waals surface area contributed by atoms with E-state index in [9.17, 15) is 4.79 Å². The average Bonchev–Trinajstić information content (AvgIpc) is 2.76. The van der Waals surface area contributed by atoms with Crippen LogP contribution in [0.15, 0.2) is 66.9 Å². The maximum atomic E-state index is 11.5. The van der Waals surface area contributed by atoms with Crippen molar-refractivity contribution in [3.05, 3.63) is 78.0 Å². The van der Waals surface area contributed by atoms with Gasteiger partial charge in [-0.15, -0.1) is 0 Å². The molecule has 0 amide bonds. The highest BCUT2D eigenvalue weighted by Gasteiger charge is 2.21. The molecule has 0 radical (unpaired) electrons. The number of nitrogens with two attached hydrogens (primary N) is 1. The molecule has 0 saturated heterocycles. The minimum Gasteiger partial charge on any atom is -0.457 e. The Labute approximate surface area is 175 Å². The summed E-state index contributed by atoms with van der Waals surface area (Å²) in [6, 6.07) is 18.9. The standard InChI is InChI=1S/C24H24N4O2/c25-23(16-6-12-20(13-7-16)30-19-4-2-1-3-5-19)22-21(14-15-27-24(22)26)28-17-8-10-18(29)11-9-17/h1-7,12-15,17,25H,8-11H2,(H3,26,27,28). The van der Waals surface area contributed by atoms with Crippen LogP contribution in [0.3, 0.4) is 0 Å². The fourth-order valence-corrected chi connectivity index (χ4v) is 3.62. The number of nitrogen functional groups attached to an aromatic ring is 1. The van der Waals surface area contributed by atoms with Gasteiger partial charge >= 0.3 is 0 Å². The van der Waals surface area contributed by atoms with E-state index < -0.39 is 0 Å². The number of rotatable bonds is 6. The third-order valence-corrected chi connectivity index (χ3v) is 5.26. The van der Waals surface area contributed by atoms with E-state index in [0.29, 0.717) is 41.5 Å². The van der Waals surface area contributed by atoms with Crippen molar-refractivity contribution in [1.29, 1.82) is 5.41 Å². The maximum Gasteiger partial charge on any atom is 0.134 e. The van der Waals surface area contributed by atoms with Gasteiger partial charge in [0.15, 0.2) is 0 Å². The number of anilines is 2. The minimum absolute atomic E-state index is 0.192. The molecule has 4 N–H and O–H groups in total. The predicted octanol–water partition coefficient (Wildman–Crippen LogP) is 4.80. The molecule has 2 aromatic carbocycles. The van der Waals surface area contributed by atoms with E-state index in [1.165, 1.54) is 0 Å². The van der Waals surface area contributed by atoms with Crippen molar-refractivity contribution in [2.24, 2.45) is 0 Å². The van der Waals surface area contributed by atoms with E-state index >= 15 is 0 Å². The Hall–Kier alpha value is -3.67. The molecular formula is C24H24N4O2. The molecule has 30 heavy (non-hydrogen) atoms. The van der Waals surface area contributed by atoms with Gasteiger partial charge in [-0.05, 0) is 55.3 Å². The van der Waals surface area contributed by atoms with Gasteiger partial charge in [0.2, 0.25) is 0 Å². The quantitative estimate of drug-likeness (QED) is 0.516. The number of para-hydroxylation sites is 1. The molecule has 0 unspecified atom stereocenters. The highest BCUT2D eigenvalue weighted by atomic mass is 16.5. The predicted molar refractivity (Wildman–Crippen MR) is 118 cm³/mol. The number of nitrogens with one attached hydrogen (secondary N) is 2. The molecular weight excluding hydrogens is 376 g/mol. The van der Waals surface area contributed by atoms with E-state index in [1.807, 2.05) is 60.7 Å². The molecule has 3 aromatic rings. The first-order chi connectivity index (χ1) is 14.6. The molecule has 1 aromatic heterocycles. The second kappa shape index (κ2) is 8.78. The van der Waals surface area contributed by atoms with Crippen LogP contribution in [0.1, 0.15) is 36.8 Å². The van der Waals surface area contributed by atoms with Crippen LogP contribution in [0, 0.1) is 5.41 Å². The van der Waals surface area contributed by atoms with Crippen molar-refractivity contribution in [3.8, 4) is 11.5 Å². The first kappa shape index (κ1) is 19.6. The Kier molecular flexibility index (Phi) is 5.75. The second-order valence-corrected chi connectivity index (χ2v) is 7.39. The SMILES string of the molecule is N=C(c1ccc(Oc2ccccc2)cc1)c1c(NC2CCC(=O)CC2)ccnc1N. The zero-order valence-corrected chi connectivity index (χ0v) is 16.6. The molecule has 0 atom stereocenters. The third kappa shape index (κ3) is 4.49. The molecule has 152 valence electrons. The lowest BCUT2D eigenvalue weighted by molar-refractivity contribution is -0.120. The van der Waals surface area contributed by atoms with Crippen molar-refractivity contribution in [3.63, 3.8) is 0 Å². The number of hydrogen-bond donors (Lipinski definition) is 3. The van der Waals surface area contributed by atoms with Crippen molar-refractivity contribution in [2.75, 3.05) is 11.1 Å². The number of ketones is 1. The van der Waals surface area contributed by atoms with Crippen molar-refractivity contribution in [1.82, 2.24) is 4.98 Å². The fraction of sp³-hybridized carbons (Fsp3) is 0.208. The van der Waals surface area contributed by atoms with E-state index in [-0.39, 0.29) is 6.04 Å². The van der Waals surface area contributed by atoms with Crippen LogP contribution in [-0.4, -0.2) is 22.5 Å². The molecule has 1 heterocycles. The third-order valence-electron chi connectivity index (χ3n) is 5.26. The Bertz CT molecular complexity index is 1040. The highest BCUT2D eigenvalue weighted by Crippen LogP contribution is 2.28. The molecule has 1 aliphatic rings. The molecule has 1 aliphatic carbocycles. The molecule has 0 aliphatic heterocycles. The Balaban J connectivity index is 1.53.